The lowest BCUT2D eigenvalue weighted by atomic mass is 9.72. The van der Waals surface area contributed by atoms with Gasteiger partial charge in [0.1, 0.15) is 0 Å². The lowest BCUT2D eigenvalue weighted by molar-refractivity contribution is -0.192. The van der Waals surface area contributed by atoms with Crippen molar-refractivity contribution >= 4 is 5.97 Å². The standard InChI is InChI=1S/C12H20O3/c1-9-8-12(6-4-3-5-7-12)11(14-9)15-10(2)13/h9,11H,3-8H2,1-2H3. The molecule has 1 heterocycles. The van der Waals surface area contributed by atoms with Crippen molar-refractivity contribution in [2.75, 3.05) is 0 Å². The van der Waals surface area contributed by atoms with Gasteiger partial charge in [0, 0.05) is 12.3 Å². The molecule has 2 unspecified atom stereocenters. The molecule has 0 amide bonds. The van der Waals surface area contributed by atoms with Crippen LogP contribution < -0.4 is 0 Å². The summed E-state index contributed by atoms with van der Waals surface area (Å²) in [4.78, 5) is 11.0. The van der Waals surface area contributed by atoms with E-state index in [4.69, 9.17) is 9.47 Å². The maximum absolute atomic E-state index is 11.0. The van der Waals surface area contributed by atoms with Crippen molar-refractivity contribution in [2.24, 2.45) is 5.41 Å². The van der Waals surface area contributed by atoms with Gasteiger partial charge in [-0.25, -0.2) is 0 Å². The summed E-state index contributed by atoms with van der Waals surface area (Å²) < 4.78 is 11.0. The first-order valence-electron chi connectivity index (χ1n) is 5.95. The van der Waals surface area contributed by atoms with Gasteiger partial charge in [0.15, 0.2) is 0 Å². The molecule has 3 nitrogen and oxygen atoms in total. The van der Waals surface area contributed by atoms with E-state index < -0.39 is 0 Å². The van der Waals surface area contributed by atoms with Gasteiger partial charge in [-0.3, -0.25) is 4.79 Å². The average molecular weight is 212 g/mol. The summed E-state index contributed by atoms with van der Waals surface area (Å²) in [6.45, 7) is 3.53. The van der Waals surface area contributed by atoms with Crippen LogP contribution in [0.25, 0.3) is 0 Å². The summed E-state index contributed by atoms with van der Waals surface area (Å²) in [7, 11) is 0. The zero-order valence-corrected chi connectivity index (χ0v) is 9.62. The Morgan fingerprint density at radius 1 is 1.33 bits per heavy atom. The largest absolute Gasteiger partial charge is 0.435 e. The first kappa shape index (κ1) is 10.9. The van der Waals surface area contributed by atoms with Crippen molar-refractivity contribution in [3.05, 3.63) is 0 Å². The van der Waals surface area contributed by atoms with Gasteiger partial charge in [-0.2, -0.15) is 0 Å². The Hall–Kier alpha value is -0.570. The van der Waals surface area contributed by atoms with Gasteiger partial charge in [-0.05, 0) is 26.2 Å². The quantitative estimate of drug-likeness (QED) is 0.627. The third-order valence-electron chi connectivity index (χ3n) is 3.67. The Morgan fingerprint density at radius 2 is 2.00 bits per heavy atom. The number of hydrogen-bond acceptors (Lipinski definition) is 3. The van der Waals surface area contributed by atoms with Gasteiger partial charge in [-0.1, -0.05) is 19.3 Å². The normalized spacial score (nSPS) is 34.3. The van der Waals surface area contributed by atoms with Gasteiger partial charge < -0.3 is 9.47 Å². The molecule has 1 aliphatic carbocycles. The molecule has 0 N–H and O–H groups in total. The Bertz CT molecular complexity index is 243. The Morgan fingerprint density at radius 3 is 2.60 bits per heavy atom. The second kappa shape index (κ2) is 4.12. The van der Waals surface area contributed by atoms with Gasteiger partial charge in [0.2, 0.25) is 6.29 Å². The van der Waals surface area contributed by atoms with Gasteiger partial charge in [0.25, 0.3) is 0 Å². The van der Waals surface area contributed by atoms with Crippen LogP contribution in [-0.2, 0) is 14.3 Å². The molecular formula is C12H20O3. The van der Waals surface area contributed by atoms with Crippen LogP contribution in [-0.4, -0.2) is 18.4 Å². The van der Waals surface area contributed by atoms with Crippen molar-refractivity contribution in [3.8, 4) is 0 Å². The maximum Gasteiger partial charge on any atom is 0.304 e. The summed E-state index contributed by atoms with van der Waals surface area (Å²) >= 11 is 0. The van der Waals surface area contributed by atoms with Crippen molar-refractivity contribution < 1.29 is 14.3 Å². The SMILES string of the molecule is CC(=O)OC1OC(C)CC12CCCCC2. The average Bonchev–Trinajstić information content (AvgIpc) is 2.43. The number of ether oxygens (including phenoxy) is 2. The minimum Gasteiger partial charge on any atom is -0.435 e. The van der Waals surface area contributed by atoms with Gasteiger partial charge in [-0.15, -0.1) is 0 Å². The minimum absolute atomic E-state index is 0.128. The molecule has 1 aliphatic heterocycles. The molecule has 1 saturated carbocycles. The van der Waals surface area contributed by atoms with Crippen LogP contribution in [0.1, 0.15) is 52.4 Å². The molecule has 0 aromatic rings. The first-order chi connectivity index (χ1) is 7.12. The molecular weight excluding hydrogens is 192 g/mol. The predicted molar refractivity (Wildman–Crippen MR) is 56.2 cm³/mol. The van der Waals surface area contributed by atoms with E-state index in [0.717, 1.165) is 19.3 Å². The third-order valence-corrected chi connectivity index (χ3v) is 3.67. The predicted octanol–water partition coefficient (Wildman–Crippen LogP) is 2.63. The van der Waals surface area contributed by atoms with Crippen LogP contribution in [0.3, 0.4) is 0 Å². The second-order valence-electron chi connectivity index (χ2n) is 5.02. The lowest BCUT2D eigenvalue weighted by Crippen LogP contribution is -2.36. The van der Waals surface area contributed by atoms with E-state index in [1.807, 2.05) is 0 Å². The summed E-state index contributed by atoms with van der Waals surface area (Å²) in [5.41, 5.74) is 0.128. The smallest absolute Gasteiger partial charge is 0.304 e. The Labute approximate surface area is 91.1 Å². The van der Waals surface area contributed by atoms with E-state index in [-0.39, 0.29) is 23.8 Å². The summed E-state index contributed by atoms with van der Waals surface area (Å²) in [6, 6.07) is 0. The highest BCUT2D eigenvalue weighted by Gasteiger charge is 2.49. The fraction of sp³-hybridized carbons (Fsp3) is 0.917. The Kier molecular flexibility index (Phi) is 3.01. The lowest BCUT2D eigenvalue weighted by Gasteiger charge is -2.36. The highest BCUT2D eigenvalue weighted by Crippen LogP contribution is 2.49. The second-order valence-corrected chi connectivity index (χ2v) is 5.02. The molecule has 0 aromatic carbocycles. The highest BCUT2D eigenvalue weighted by atomic mass is 16.7. The van der Waals surface area contributed by atoms with E-state index >= 15 is 0 Å². The Balaban J connectivity index is 2.09. The van der Waals surface area contributed by atoms with Crippen LogP contribution in [0.2, 0.25) is 0 Å². The van der Waals surface area contributed by atoms with Crippen LogP contribution in [0.4, 0.5) is 0 Å². The third kappa shape index (κ3) is 2.17. The number of rotatable bonds is 1. The molecule has 2 atom stereocenters. The van der Waals surface area contributed by atoms with Crippen molar-refractivity contribution in [1.82, 2.24) is 0 Å². The van der Waals surface area contributed by atoms with Crippen molar-refractivity contribution in [2.45, 2.75) is 64.8 Å². The molecule has 1 saturated heterocycles. The molecule has 1 spiro atoms. The molecule has 15 heavy (non-hydrogen) atoms. The minimum atomic E-state index is -0.287. The van der Waals surface area contributed by atoms with Crippen LogP contribution >= 0.6 is 0 Å². The maximum atomic E-state index is 11.0. The molecule has 2 fully saturated rings. The molecule has 0 bridgehead atoms. The van der Waals surface area contributed by atoms with Crippen molar-refractivity contribution in [1.29, 1.82) is 0 Å². The summed E-state index contributed by atoms with van der Waals surface area (Å²) in [5.74, 6) is -0.223. The van der Waals surface area contributed by atoms with Gasteiger partial charge >= 0.3 is 5.97 Å². The number of esters is 1. The highest BCUT2D eigenvalue weighted by molar-refractivity contribution is 5.66. The monoisotopic (exact) mass is 212 g/mol. The zero-order chi connectivity index (χ0) is 10.9. The van der Waals surface area contributed by atoms with E-state index in [1.165, 1.54) is 26.2 Å². The van der Waals surface area contributed by atoms with Crippen LogP contribution in [0.15, 0.2) is 0 Å². The van der Waals surface area contributed by atoms with Crippen molar-refractivity contribution in [3.63, 3.8) is 0 Å². The summed E-state index contributed by atoms with van der Waals surface area (Å²) in [5, 5.41) is 0. The van der Waals surface area contributed by atoms with E-state index in [2.05, 4.69) is 6.92 Å². The molecule has 0 aromatic heterocycles. The fourth-order valence-corrected chi connectivity index (χ4v) is 3.07. The van der Waals surface area contributed by atoms with Crippen LogP contribution in [0, 0.1) is 5.41 Å². The molecule has 3 heteroatoms. The van der Waals surface area contributed by atoms with E-state index in [0.29, 0.717) is 0 Å². The topological polar surface area (TPSA) is 35.5 Å². The van der Waals surface area contributed by atoms with Crippen LogP contribution in [0.5, 0.6) is 0 Å². The zero-order valence-electron chi connectivity index (χ0n) is 9.62. The number of carbonyl (C=O) groups is 1. The number of hydrogen-bond donors (Lipinski definition) is 0. The van der Waals surface area contributed by atoms with E-state index in [1.54, 1.807) is 0 Å². The summed E-state index contributed by atoms with van der Waals surface area (Å²) in [6.07, 6.45) is 7.08. The molecule has 2 aliphatic rings. The van der Waals surface area contributed by atoms with E-state index in [9.17, 15) is 4.79 Å². The molecule has 86 valence electrons. The molecule has 2 rings (SSSR count). The first-order valence-corrected chi connectivity index (χ1v) is 5.95. The number of carbonyl (C=O) groups excluding carboxylic acids is 1. The molecule has 0 radical (unpaired) electrons. The fourth-order valence-electron chi connectivity index (χ4n) is 3.07. The van der Waals surface area contributed by atoms with Gasteiger partial charge in [0.05, 0.1) is 6.10 Å².